The molecule has 0 radical (unpaired) electrons. The topological polar surface area (TPSA) is 52.6 Å². The van der Waals surface area contributed by atoms with Crippen molar-refractivity contribution in [1.82, 2.24) is 4.90 Å². The van der Waals surface area contributed by atoms with Gasteiger partial charge in [0.2, 0.25) is 0 Å². The van der Waals surface area contributed by atoms with Gasteiger partial charge in [0.05, 0.1) is 12.3 Å². The zero-order valence-electron chi connectivity index (χ0n) is 9.70. The third-order valence-electron chi connectivity index (χ3n) is 2.76. The van der Waals surface area contributed by atoms with E-state index in [0.717, 1.165) is 12.8 Å². The molecule has 1 aromatic rings. The van der Waals surface area contributed by atoms with Crippen LogP contribution in [-0.4, -0.2) is 35.2 Å². The van der Waals surface area contributed by atoms with Crippen LogP contribution < -0.4 is 5.32 Å². The van der Waals surface area contributed by atoms with E-state index < -0.39 is 0 Å². The molecule has 1 aliphatic rings. The van der Waals surface area contributed by atoms with Gasteiger partial charge in [-0.3, -0.25) is 0 Å². The number of nitrogens with one attached hydrogen (secondary N) is 1. The van der Waals surface area contributed by atoms with Crippen LogP contribution in [0.2, 0.25) is 0 Å². The molecular weight excluding hydrogens is 303 g/mol. The SMILES string of the molecule is O=C(Nc1ccc(F)cc1Br)N(CCO)C1CC1. The third-order valence-corrected chi connectivity index (χ3v) is 3.42. The van der Waals surface area contributed by atoms with Crippen molar-refractivity contribution >= 4 is 27.6 Å². The predicted octanol–water partition coefficient (Wildman–Crippen LogP) is 2.58. The van der Waals surface area contributed by atoms with Gasteiger partial charge < -0.3 is 15.3 Å². The highest BCUT2D eigenvalue weighted by atomic mass is 79.9. The van der Waals surface area contributed by atoms with Crippen LogP contribution in [0.5, 0.6) is 0 Å². The van der Waals surface area contributed by atoms with Crippen LogP contribution in [0.1, 0.15) is 12.8 Å². The fourth-order valence-corrected chi connectivity index (χ4v) is 2.17. The van der Waals surface area contributed by atoms with E-state index in [2.05, 4.69) is 21.2 Å². The lowest BCUT2D eigenvalue weighted by molar-refractivity contribution is 0.185. The smallest absolute Gasteiger partial charge is 0.322 e. The van der Waals surface area contributed by atoms with Gasteiger partial charge in [0.15, 0.2) is 0 Å². The molecule has 4 nitrogen and oxygen atoms in total. The number of nitrogens with zero attached hydrogens (tertiary/aromatic N) is 1. The van der Waals surface area contributed by atoms with E-state index in [1.807, 2.05) is 0 Å². The molecule has 98 valence electrons. The second-order valence-electron chi connectivity index (χ2n) is 4.20. The lowest BCUT2D eigenvalue weighted by Crippen LogP contribution is -2.38. The largest absolute Gasteiger partial charge is 0.395 e. The molecule has 0 unspecified atom stereocenters. The van der Waals surface area contributed by atoms with Crippen LogP contribution in [0.3, 0.4) is 0 Å². The molecule has 2 rings (SSSR count). The zero-order valence-corrected chi connectivity index (χ0v) is 11.3. The molecule has 2 N–H and O–H groups in total. The quantitative estimate of drug-likeness (QED) is 0.897. The first-order valence-electron chi connectivity index (χ1n) is 5.75. The lowest BCUT2D eigenvalue weighted by Gasteiger charge is -2.22. The summed E-state index contributed by atoms with van der Waals surface area (Å²) < 4.78 is 13.4. The minimum Gasteiger partial charge on any atom is -0.395 e. The first kappa shape index (κ1) is 13.3. The molecule has 0 atom stereocenters. The Kier molecular flexibility index (Phi) is 4.19. The number of urea groups is 1. The maximum atomic E-state index is 12.9. The molecule has 6 heteroatoms. The van der Waals surface area contributed by atoms with Crippen LogP contribution >= 0.6 is 15.9 Å². The Morgan fingerprint density at radius 3 is 2.83 bits per heavy atom. The van der Waals surface area contributed by atoms with E-state index in [-0.39, 0.29) is 24.5 Å². The van der Waals surface area contributed by atoms with Gasteiger partial charge >= 0.3 is 6.03 Å². The molecule has 1 aromatic carbocycles. The normalized spacial score (nSPS) is 14.4. The van der Waals surface area contributed by atoms with Crippen LogP contribution in [0.4, 0.5) is 14.9 Å². The minimum absolute atomic E-state index is 0.0610. The van der Waals surface area contributed by atoms with Gasteiger partial charge in [-0.05, 0) is 47.0 Å². The number of halogens is 2. The van der Waals surface area contributed by atoms with Gasteiger partial charge in [-0.15, -0.1) is 0 Å². The van der Waals surface area contributed by atoms with Gasteiger partial charge in [0, 0.05) is 17.1 Å². The molecule has 0 bridgehead atoms. The van der Waals surface area contributed by atoms with Crippen LogP contribution in [0.25, 0.3) is 0 Å². The number of aliphatic hydroxyl groups excluding tert-OH is 1. The van der Waals surface area contributed by atoms with Crippen molar-refractivity contribution < 1.29 is 14.3 Å². The van der Waals surface area contributed by atoms with Crippen molar-refractivity contribution in [3.63, 3.8) is 0 Å². The Balaban J connectivity index is 2.05. The molecule has 0 heterocycles. The third kappa shape index (κ3) is 3.20. The number of anilines is 1. The van der Waals surface area contributed by atoms with Gasteiger partial charge in [-0.1, -0.05) is 0 Å². The summed E-state index contributed by atoms with van der Waals surface area (Å²) in [6, 6.07) is 4.04. The van der Waals surface area contributed by atoms with E-state index in [1.165, 1.54) is 18.2 Å². The summed E-state index contributed by atoms with van der Waals surface area (Å²) in [5, 5.41) is 11.6. The monoisotopic (exact) mass is 316 g/mol. The Labute approximate surface area is 113 Å². The number of benzene rings is 1. The Hall–Kier alpha value is -1.14. The Bertz CT molecular complexity index is 452. The highest BCUT2D eigenvalue weighted by Gasteiger charge is 2.32. The summed E-state index contributed by atoms with van der Waals surface area (Å²) in [5.41, 5.74) is 0.519. The molecular formula is C12H14BrFN2O2. The molecule has 1 saturated carbocycles. The Morgan fingerprint density at radius 1 is 1.56 bits per heavy atom. The number of rotatable bonds is 4. The number of aliphatic hydroxyl groups is 1. The summed E-state index contributed by atoms with van der Waals surface area (Å²) in [5.74, 6) is -0.366. The number of carbonyl (C=O) groups is 1. The van der Waals surface area contributed by atoms with Gasteiger partial charge in [-0.25, -0.2) is 9.18 Å². The minimum atomic E-state index is -0.366. The second kappa shape index (κ2) is 5.67. The first-order valence-corrected chi connectivity index (χ1v) is 6.54. The highest BCUT2D eigenvalue weighted by molar-refractivity contribution is 9.10. The fraction of sp³-hybridized carbons (Fsp3) is 0.417. The van der Waals surface area contributed by atoms with Crippen LogP contribution in [0.15, 0.2) is 22.7 Å². The molecule has 2 amide bonds. The molecule has 0 aromatic heterocycles. The summed E-state index contributed by atoms with van der Waals surface area (Å²) >= 11 is 3.19. The van der Waals surface area contributed by atoms with Crippen molar-refractivity contribution in [2.75, 3.05) is 18.5 Å². The van der Waals surface area contributed by atoms with E-state index in [0.29, 0.717) is 16.7 Å². The maximum Gasteiger partial charge on any atom is 0.322 e. The predicted molar refractivity (Wildman–Crippen MR) is 69.9 cm³/mol. The summed E-state index contributed by atoms with van der Waals surface area (Å²) in [7, 11) is 0. The molecule has 0 saturated heterocycles. The molecule has 0 spiro atoms. The standard InChI is InChI=1S/C12H14BrFN2O2/c13-10-7-8(14)1-4-11(10)15-12(18)16(5-6-17)9-2-3-9/h1,4,7,9,17H,2-3,5-6H2,(H,15,18). The number of hydrogen-bond donors (Lipinski definition) is 2. The van der Waals surface area contributed by atoms with Crippen molar-refractivity contribution in [3.8, 4) is 0 Å². The average molecular weight is 317 g/mol. The number of amides is 2. The van der Waals surface area contributed by atoms with Gasteiger partial charge in [0.1, 0.15) is 5.82 Å². The van der Waals surface area contributed by atoms with Crippen molar-refractivity contribution in [2.24, 2.45) is 0 Å². The van der Waals surface area contributed by atoms with E-state index in [1.54, 1.807) is 4.90 Å². The van der Waals surface area contributed by atoms with Crippen molar-refractivity contribution in [2.45, 2.75) is 18.9 Å². The second-order valence-corrected chi connectivity index (χ2v) is 5.06. The molecule has 1 aliphatic carbocycles. The molecule has 1 fully saturated rings. The number of carbonyl (C=O) groups excluding carboxylic acids is 1. The lowest BCUT2D eigenvalue weighted by atomic mass is 10.3. The van der Waals surface area contributed by atoms with Crippen molar-refractivity contribution in [3.05, 3.63) is 28.5 Å². The summed E-state index contributed by atoms with van der Waals surface area (Å²) in [6.45, 7) is 0.254. The highest BCUT2D eigenvalue weighted by Crippen LogP contribution is 2.28. The number of hydrogen-bond acceptors (Lipinski definition) is 2. The van der Waals surface area contributed by atoms with Crippen LogP contribution in [-0.2, 0) is 0 Å². The zero-order chi connectivity index (χ0) is 13.1. The first-order chi connectivity index (χ1) is 8.61. The van der Waals surface area contributed by atoms with E-state index in [9.17, 15) is 9.18 Å². The van der Waals surface area contributed by atoms with Gasteiger partial charge in [-0.2, -0.15) is 0 Å². The van der Waals surface area contributed by atoms with Gasteiger partial charge in [0.25, 0.3) is 0 Å². The summed E-state index contributed by atoms with van der Waals surface area (Å²) in [4.78, 5) is 13.6. The maximum absolute atomic E-state index is 12.9. The molecule has 0 aliphatic heterocycles. The summed E-state index contributed by atoms with van der Waals surface area (Å²) in [6.07, 6.45) is 1.94. The molecule has 18 heavy (non-hydrogen) atoms. The Morgan fingerprint density at radius 2 is 2.28 bits per heavy atom. The average Bonchev–Trinajstić information content (AvgIpc) is 3.13. The fourth-order valence-electron chi connectivity index (χ4n) is 1.72. The van der Waals surface area contributed by atoms with E-state index in [4.69, 9.17) is 5.11 Å². The van der Waals surface area contributed by atoms with Crippen molar-refractivity contribution in [1.29, 1.82) is 0 Å². The van der Waals surface area contributed by atoms with Crippen LogP contribution in [0, 0.1) is 5.82 Å². The van der Waals surface area contributed by atoms with E-state index >= 15 is 0 Å².